The number of rotatable bonds is 6. The van der Waals surface area contributed by atoms with Gasteiger partial charge in [0.05, 0.1) is 12.3 Å². The second-order valence-electron chi connectivity index (χ2n) is 4.66. The van der Waals surface area contributed by atoms with E-state index in [9.17, 15) is 4.79 Å². The molecule has 6 nitrogen and oxygen atoms in total. The Morgan fingerprint density at radius 2 is 2.21 bits per heavy atom. The highest BCUT2D eigenvalue weighted by atomic mass is 16.5. The zero-order chi connectivity index (χ0) is 14.4. The second-order valence-corrected chi connectivity index (χ2v) is 4.66. The molecule has 6 heteroatoms. The number of aryl methyl sites for hydroxylation is 2. The lowest BCUT2D eigenvalue weighted by Crippen LogP contribution is -2.45. The molecule has 0 fully saturated rings. The van der Waals surface area contributed by atoms with Gasteiger partial charge in [-0.15, -0.1) is 0 Å². The van der Waals surface area contributed by atoms with Gasteiger partial charge in [-0.05, 0) is 34.1 Å². The third-order valence-corrected chi connectivity index (χ3v) is 3.10. The number of nitrogens with one attached hydrogen (secondary N) is 1. The minimum Gasteiger partial charge on any atom is -0.395 e. The molecule has 19 heavy (non-hydrogen) atoms. The van der Waals surface area contributed by atoms with Crippen molar-refractivity contribution in [2.45, 2.75) is 40.2 Å². The quantitative estimate of drug-likeness (QED) is 0.814. The van der Waals surface area contributed by atoms with Crippen molar-refractivity contribution in [3.05, 3.63) is 17.0 Å². The fourth-order valence-electron chi connectivity index (χ4n) is 1.98. The van der Waals surface area contributed by atoms with Crippen LogP contribution in [0, 0.1) is 13.8 Å². The average molecular weight is 269 g/mol. The molecule has 0 saturated carbocycles. The van der Waals surface area contributed by atoms with Crippen molar-refractivity contribution in [2.24, 2.45) is 0 Å². The van der Waals surface area contributed by atoms with Crippen molar-refractivity contribution in [1.82, 2.24) is 15.4 Å². The van der Waals surface area contributed by atoms with Crippen LogP contribution in [0.3, 0.4) is 0 Å². The fourth-order valence-corrected chi connectivity index (χ4v) is 1.98. The highest BCUT2D eigenvalue weighted by Gasteiger charge is 2.17. The summed E-state index contributed by atoms with van der Waals surface area (Å²) < 4.78 is 5.10. The molecule has 1 atom stereocenters. The zero-order valence-corrected chi connectivity index (χ0v) is 12.1. The third kappa shape index (κ3) is 4.24. The summed E-state index contributed by atoms with van der Waals surface area (Å²) >= 11 is 0. The number of urea groups is 1. The molecule has 0 aliphatic carbocycles. The molecule has 1 heterocycles. The number of aliphatic hydroxyl groups excluding tert-OH is 1. The highest BCUT2D eigenvalue weighted by Crippen LogP contribution is 2.14. The SMILES string of the molecule is CCN(CCO)C(=O)NC(C)Cc1c(C)noc1C. The predicted molar refractivity (Wildman–Crippen MR) is 72.0 cm³/mol. The van der Waals surface area contributed by atoms with Crippen LogP contribution in [0.4, 0.5) is 4.79 Å². The molecule has 1 aromatic heterocycles. The lowest BCUT2D eigenvalue weighted by Gasteiger charge is -2.23. The van der Waals surface area contributed by atoms with Crippen molar-refractivity contribution >= 4 is 6.03 Å². The topological polar surface area (TPSA) is 78.6 Å². The Hall–Kier alpha value is -1.56. The van der Waals surface area contributed by atoms with E-state index in [1.54, 1.807) is 4.90 Å². The van der Waals surface area contributed by atoms with E-state index in [0.29, 0.717) is 19.5 Å². The summed E-state index contributed by atoms with van der Waals surface area (Å²) in [6.45, 7) is 8.48. The van der Waals surface area contributed by atoms with Gasteiger partial charge in [0, 0.05) is 24.7 Å². The number of likely N-dealkylation sites (N-methyl/N-ethyl adjacent to an activating group) is 1. The molecule has 0 spiro atoms. The number of hydrogen-bond donors (Lipinski definition) is 2. The largest absolute Gasteiger partial charge is 0.395 e. The van der Waals surface area contributed by atoms with Crippen LogP contribution in [0.1, 0.15) is 30.9 Å². The van der Waals surface area contributed by atoms with Gasteiger partial charge in [-0.1, -0.05) is 5.16 Å². The number of hydrogen-bond acceptors (Lipinski definition) is 4. The monoisotopic (exact) mass is 269 g/mol. The lowest BCUT2D eigenvalue weighted by molar-refractivity contribution is 0.177. The fraction of sp³-hybridized carbons (Fsp3) is 0.692. The summed E-state index contributed by atoms with van der Waals surface area (Å²) in [6.07, 6.45) is 0.684. The number of aromatic nitrogens is 1. The molecule has 1 aromatic rings. The Balaban J connectivity index is 2.55. The summed E-state index contributed by atoms with van der Waals surface area (Å²) in [6, 6.07) is -0.173. The van der Waals surface area contributed by atoms with Gasteiger partial charge >= 0.3 is 6.03 Å². The van der Waals surface area contributed by atoms with Gasteiger partial charge in [-0.2, -0.15) is 0 Å². The van der Waals surface area contributed by atoms with Crippen LogP contribution >= 0.6 is 0 Å². The summed E-state index contributed by atoms with van der Waals surface area (Å²) in [4.78, 5) is 13.5. The van der Waals surface area contributed by atoms with Gasteiger partial charge in [-0.3, -0.25) is 0 Å². The molecule has 0 aromatic carbocycles. The van der Waals surface area contributed by atoms with Crippen LogP contribution in [0.5, 0.6) is 0 Å². The predicted octanol–water partition coefficient (Wildman–Crippen LogP) is 1.25. The molecule has 0 bridgehead atoms. The maximum atomic E-state index is 11.9. The number of carbonyl (C=O) groups is 1. The molecule has 2 N–H and O–H groups in total. The molecule has 2 amide bonds. The summed E-state index contributed by atoms with van der Waals surface area (Å²) in [7, 11) is 0. The minimum absolute atomic E-state index is 0.0166. The summed E-state index contributed by atoms with van der Waals surface area (Å²) in [5.74, 6) is 0.793. The smallest absolute Gasteiger partial charge is 0.317 e. The van der Waals surface area contributed by atoms with Crippen molar-refractivity contribution in [1.29, 1.82) is 0 Å². The maximum Gasteiger partial charge on any atom is 0.317 e. The van der Waals surface area contributed by atoms with E-state index in [-0.39, 0.29) is 18.7 Å². The molecule has 1 unspecified atom stereocenters. The Labute approximate surface area is 113 Å². The Morgan fingerprint density at radius 1 is 1.53 bits per heavy atom. The zero-order valence-electron chi connectivity index (χ0n) is 12.1. The number of aliphatic hydroxyl groups is 1. The van der Waals surface area contributed by atoms with Gasteiger partial charge in [0.25, 0.3) is 0 Å². The first-order valence-corrected chi connectivity index (χ1v) is 6.57. The van der Waals surface area contributed by atoms with Crippen LogP contribution in [0.25, 0.3) is 0 Å². The minimum atomic E-state index is -0.157. The Morgan fingerprint density at radius 3 is 2.68 bits per heavy atom. The van der Waals surface area contributed by atoms with Crippen molar-refractivity contribution in [3.63, 3.8) is 0 Å². The van der Waals surface area contributed by atoms with E-state index in [2.05, 4.69) is 10.5 Å². The first kappa shape index (κ1) is 15.5. The first-order chi connectivity index (χ1) is 8.99. The number of amides is 2. The Bertz CT molecular complexity index is 398. The van der Waals surface area contributed by atoms with Crippen LogP contribution in [0.2, 0.25) is 0 Å². The normalized spacial score (nSPS) is 12.3. The van der Waals surface area contributed by atoms with Crippen LogP contribution in [0.15, 0.2) is 4.52 Å². The molecular formula is C13H23N3O3. The van der Waals surface area contributed by atoms with Crippen LogP contribution in [-0.4, -0.2) is 46.9 Å². The maximum absolute atomic E-state index is 11.9. The molecule has 0 saturated heterocycles. The van der Waals surface area contributed by atoms with Gasteiger partial charge in [0.15, 0.2) is 0 Å². The van der Waals surface area contributed by atoms with E-state index in [1.165, 1.54) is 0 Å². The van der Waals surface area contributed by atoms with Gasteiger partial charge in [0.2, 0.25) is 0 Å². The van der Waals surface area contributed by atoms with Gasteiger partial charge < -0.3 is 19.8 Å². The van der Waals surface area contributed by atoms with Gasteiger partial charge in [0.1, 0.15) is 5.76 Å². The average Bonchev–Trinajstić information content (AvgIpc) is 2.67. The molecule has 0 aliphatic heterocycles. The molecule has 0 aliphatic rings. The Kier molecular flexibility index (Phi) is 5.82. The van der Waals surface area contributed by atoms with E-state index in [4.69, 9.17) is 9.63 Å². The molecular weight excluding hydrogens is 246 g/mol. The van der Waals surface area contributed by atoms with Crippen LogP contribution < -0.4 is 5.32 Å². The van der Waals surface area contributed by atoms with Crippen molar-refractivity contribution < 1.29 is 14.4 Å². The standard InChI is InChI=1S/C13H23N3O3/c1-5-16(6-7-17)13(18)14-9(2)8-12-10(3)15-19-11(12)4/h9,17H,5-8H2,1-4H3,(H,14,18). The van der Waals surface area contributed by atoms with E-state index in [1.807, 2.05) is 27.7 Å². The molecule has 108 valence electrons. The van der Waals surface area contributed by atoms with E-state index >= 15 is 0 Å². The molecule has 0 radical (unpaired) electrons. The van der Waals surface area contributed by atoms with Crippen molar-refractivity contribution in [2.75, 3.05) is 19.7 Å². The second kappa shape index (κ2) is 7.13. The third-order valence-electron chi connectivity index (χ3n) is 3.10. The molecule has 1 rings (SSSR count). The van der Waals surface area contributed by atoms with Gasteiger partial charge in [-0.25, -0.2) is 4.79 Å². The number of nitrogens with zero attached hydrogens (tertiary/aromatic N) is 2. The summed E-state index contributed by atoms with van der Waals surface area (Å²) in [5.41, 5.74) is 1.90. The first-order valence-electron chi connectivity index (χ1n) is 6.57. The van der Waals surface area contributed by atoms with E-state index < -0.39 is 0 Å². The van der Waals surface area contributed by atoms with E-state index in [0.717, 1.165) is 17.0 Å². The summed E-state index contributed by atoms with van der Waals surface area (Å²) in [5, 5.41) is 15.7. The highest BCUT2D eigenvalue weighted by molar-refractivity contribution is 5.74. The van der Waals surface area contributed by atoms with Crippen LogP contribution in [-0.2, 0) is 6.42 Å². The number of carbonyl (C=O) groups excluding carboxylic acids is 1. The lowest BCUT2D eigenvalue weighted by atomic mass is 10.1. The van der Waals surface area contributed by atoms with Crippen molar-refractivity contribution in [3.8, 4) is 0 Å².